The van der Waals surface area contributed by atoms with Gasteiger partial charge in [-0.2, -0.15) is 0 Å². The number of carbonyl (C=O) groups is 2. The summed E-state index contributed by atoms with van der Waals surface area (Å²) < 4.78 is 10.2. The number of esters is 1. The first kappa shape index (κ1) is 17.8. The van der Waals surface area contributed by atoms with Crippen LogP contribution < -0.4 is 0 Å². The zero-order chi connectivity index (χ0) is 16.4. The highest BCUT2D eigenvalue weighted by Crippen LogP contribution is 2.21. The topological polar surface area (TPSA) is 59.1 Å². The van der Waals surface area contributed by atoms with Gasteiger partial charge in [0, 0.05) is 25.2 Å². The van der Waals surface area contributed by atoms with E-state index in [2.05, 4.69) is 0 Å². The van der Waals surface area contributed by atoms with Crippen molar-refractivity contribution in [2.24, 2.45) is 0 Å². The first-order chi connectivity index (χ1) is 9.56. The minimum atomic E-state index is -0.507. The van der Waals surface area contributed by atoms with Crippen LogP contribution in [-0.4, -0.2) is 65.8 Å². The van der Waals surface area contributed by atoms with E-state index in [1.807, 2.05) is 46.4 Å². The molecule has 1 aliphatic rings. The first-order valence-electron chi connectivity index (χ1n) is 7.40. The zero-order valence-electron chi connectivity index (χ0n) is 14.2. The van der Waals surface area contributed by atoms with Crippen molar-refractivity contribution in [3.8, 4) is 0 Å². The van der Waals surface area contributed by atoms with Crippen LogP contribution in [0.4, 0.5) is 4.79 Å². The van der Waals surface area contributed by atoms with Crippen LogP contribution in [0.1, 0.15) is 41.5 Å². The van der Waals surface area contributed by atoms with Crippen molar-refractivity contribution in [1.82, 2.24) is 9.80 Å². The Morgan fingerprint density at radius 3 is 2.00 bits per heavy atom. The number of hydrogen-bond acceptors (Lipinski definition) is 5. The van der Waals surface area contributed by atoms with Crippen LogP contribution in [0.15, 0.2) is 0 Å². The molecule has 122 valence electrons. The second kappa shape index (κ2) is 6.64. The summed E-state index contributed by atoms with van der Waals surface area (Å²) in [4.78, 5) is 27.8. The largest absolute Gasteiger partial charge is 0.468 e. The van der Waals surface area contributed by atoms with E-state index in [1.54, 1.807) is 4.90 Å². The SMILES string of the molecule is COC(=O)[C@H](C)N1C[C@H](C)N(C(=O)OC(C)(C)C)[C@@H](C)C1. The maximum atomic E-state index is 12.3. The molecule has 1 aliphatic heterocycles. The van der Waals surface area contributed by atoms with E-state index in [0.717, 1.165) is 0 Å². The van der Waals surface area contributed by atoms with Gasteiger partial charge >= 0.3 is 12.1 Å². The third-order valence-corrected chi connectivity index (χ3v) is 3.64. The fourth-order valence-electron chi connectivity index (χ4n) is 2.67. The van der Waals surface area contributed by atoms with E-state index < -0.39 is 5.60 Å². The zero-order valence-corrected chi connectivity index (χ0v) is 14.2. The average Bonchev–Trinajstić information content (AvgIpc) is 2.33. The number of amides is 1. The lowest BCUT2D eigenvalue weighted by Crippen LogP contribution is -2.61. The minimum absolute atomic E-state index is 0.0179. The fourth-order valence-corrected chi connectivity index (χ4v) is 2.67. The number of methoxy groups -OCH3 is 1. The van der Waals surface area contributed by atoms with Gasteiger partial charge in [-0.3, -0.25) is 9.69 Å². The van der Waals surface area contributed by atoms with E-state index in [0.29, 0.717) is 13.1 Å². The van der Waals surface area contributed by atoms with E-state index in [9.17, 15) is 9.59 Å². The lowest BCUT2D eigenvalue weighted by molar-refractivity contribution is -0.147. The molecule has 0 aliphatic carbocycles. The first-order valence-corrected chi connectivity index (χ1v) is 7.40. The summed E-state index contributed by atoms with van der Waals surface area (Å²) in [5.41, 5.74) is -0.507. The number of ether oxygens (including phenoxy) is 2. The molecule has 1 saturated heterocycles. The molecule has 0 N–H and O–H groups in total. The van der Waals surface area contributed by atoms with Crippen LogP contribution in [0.25, 0.3) is 0 Å². The predicted molar refractivity (Wildman–Crippen MR) is 80.0 cm³/mol. The van der Waals surface area contributed by atoms with Crippen molar-refractivity contribution in [3.05, 3.63) is 0 Å². The summed E-state index contributed by atoms with van der Waals surface area (Å²) in [6.45, 7) is 12.6. The molecule has 1 fully saturated rings. The lowest BCUT2D eigenvalue weighted by atomic mass is 10.1. The summed E-state index contributed by atoms with van der Waals surface area (Å²) in [7, 11) is 1.39. The second-order valence-corrected chi connectivity index (χ2v) is 6.74. The number of carbonyl (C=O) groups excluding carboxylic acids is 2. The smallest absolute Gasteiger partial charge is 0.410 e. The Morgan fingerprint density at radius 2 is 1.62 bits per heavy atom. The number of piperazine rings is 1. The number of hydrogen-bond donors (Lipinski definition) is 0. The molecule has 3 atom stereocenters. The molecule has 1 amide bonds. The predicted octanol–water partition coefficient (Wildman–Crippen LogP) is 1.88. The monoisotopic (exact) mass is 300 g/mol. The number of nitrogens with zero attached hydrogens (tertiary/aromatic N) is 2. The highest BCUT2D eigenvalue weighted by Gasteiger charge is 2.38. The Hall–Kier alpha value is -1.30. The highest BCUT2D eigenvalue weighted by molar-refractivity contribution is 5.75. The molecule has 21 heavy (non-hydrogen) atoms. The summed E-state index contributed by atoms with van der Waals surface area (Å²) in [5.74, 6) is -0.250. The standard InChI is InChI=1S/C15H28N2O4/c1-10-8-16(12(3)13(18)20-7)9-11(2)17(10)14(19)21-15(4,5)6/h10-12H,8-9H2,1-7H3/t10-,11-,12-/m0/s1. The Labute approximate surface area is 127 Å². The Morgan fingerprint density at radius 1 is 1.14 bits per heavy atom. The molecule has 0 aromatic rings. The molecule has 6 nitrogen and oxygen atoms in total. The van der Waals surface area contributed by atoms with Crippen LogP contribution in [0, 0.1) is 0 Å². The Bertz CT molecular complexity index is 380. The lowest BCUT2D eigenvalue weighted by Gasteiger charge is -2.45. The molecule has 0 aromatic heterocycles. The Balaban J connectivity index is 2.74. The second-order valence-electron chi connectivity index (χ2n) is 6.74. The minimum Gasteiger partial charge on any atom is -0.468 e. The van der Waals surface area contributed by atoms with Crippen molar-refractivity contribution in [1.29, 1.82) is 0 Å². The fraction of sp³-hybridized carbons (Fsp3) is 0.867. The van der Waals surface area contributed by atoms with Gasteiger partial charge in [0.15, 0.2) is 0 Å². The molecule has 6 heteroatoms. The van der Waals surface area contributed by atoms with Crippen molar-refractivity contribution in [3.63, 3.8) is 0 Å². The van der Waals surface area contributed by atoms with Crippen LogP contribution in [0.3, 0.4) is 0 Å². The molecule has 1 heterocycles. The van der Waals surface area contributed by atoms with Gasteiger partial charge in [-0.25, -0.2) is 4.79 Å². The molecule has 0 aromatic carbocycles. The van der Waals surface area contributed by atoms with E-state index in [4.69, 9.17) is 9.47 Å². The molecule has 1 rings (SSSR count). The van der Waals surface area contributed by atoms with Crippen molar-refractivity contribution in [2.45, 2.75) is 65.3 Å². The van der Waals surface area contributed by atoms with Gasteiger partial charge in [0.05, 0.1) is 7.11 Å². The molecule has 0 bridgehead atoms. The van der Waals surface area contributed by atoms with Crippen molar-refractivity contribution in [2.75, 3.05) is 20.2 Å². The maximum Gasteiger partial charge on any atom is 0.410 e. The highest BCUT2D eigenvalue weighted by atomic mass is 16.6. The molecular formula is C15H28N2O4. The van der Waals surface area contributed by atoms with Crippen LogP contribution in [0.2, 0.25) is 0 Å². The average molecular weight is 300 g/mol. The van der Waals surface area contributed by atoms with Gasteiger partial charge in [-0.1, -0.05) is 0 Å². The number of rotatable bonds is 2. The molecule has 0 unspecified atom stereocenters. The van der Waals surface area contributed by atoms with Crippen LogP contribution >= 0.6 is 0 Å². The van der Waals surface area contributed by atoms with E-state index in [1.165, 1.54) is 7.11 Å². The maximum absolute atomic E-state index is 12.3. The third-order valence-electron chi connectivity index (χ3n) is 3.64. The quantitative estimate of drug-likeness (QED) is 0.729. The van der Waals surface area contributed by atoms with Gasteiger partial charge in [0.2, 0.25) is 0 Å². The van der Waals surface area contributed by atoms with Crippen LogP contribution in [-0.2, 0) is 14.3 Å². The summed E-state index contributed by atoms with van der Waals surface area (Å²) >= 11 is 0. The summed E-state index contributed by atoms with van der Waals surface area (Å²) in [6, 6.07) is -0.341. The van der Waals surface area contributed by atoms with Crippen LogP contribution in [0.5, 0.6) is 0 Å². The van der Waals surface area contributed by atoms with E-state index >= 15 is 0 Å². The molecule has 0 radical (unpaired) electrons. The molecule has 0 saturated carbocycles. The van der Waals surface area contributed by atoms with Gasteiger partial charge < -0.3 is 14.4 Å². The van der Waals surface area contributed by atoms with Crippen molar-refractivity contribution >= 4 is 12.1 Å². The van der Waals surface area contributed by atoms with Crippen molar-refractivity contribution < 1.29 is 19.1 Å². The van der Waals surface area contributed by atoms with Gasteiger partial charge in [0.25, 0.3) is 0 Å². The molecule has 0 spiro atoms. The summed E-state index contributed by atoms with van der Waals surface area (Å²) in [5, 5.41) is 0. The Kier molecular flexibility index (Phi) is 5.61. The van der Waals surface area contributed by atoms with Gasteiger partial charge in [-0.15, -0.1) is 0 Å². The summed E-state index contributed by atoms with van der Waals surface area (Å²) in [6.07, 6.45) is -0.298. The van der Waals surface area contributed by atoms with Gasteiger partial charge in [-0.05, 0) is 41.5 Å². The van der Waals surface area contributed by atoms with E-state index in [-0.39, 0.29) is 30.2 Å². The molecular weight excluding hydrogens is 272 g/mol. The third kappa shape index (κ3) is 4.59. The normalized spacial score (nSPS) is 25.4. The van der Waals surface area contributed by atoms with Gasteiger partial charge in [0.1, 0.15) is 11.6 Å².